The summed E-state index contributed by atoms with van der Waals surface area (Å²) in [6.07, 6.45) is 4.03. The second-order valence-electron chi connectivity index (χ2n) is 6.18. The molecule has 4 heteroatoms. The number of nitrogens with zero attached hydrogens (tertiary/aromatic N) is 2. The SMILES string of the molecule is O=C(O)CCn1c(C2CC3CC3C2)nc2ccccc21. The highest BCUT2D eigenvalue weighted by molar-refractivity contribution is 5.76. The molecule has 4 nitrogen and oxygen atoms in total. The van der Waals surface area contributed by atoms with Gasteiger partial charge in [-0.1, -0.05) is 12.1 Å². The average Bonchev–Trinajstić information content (AvgIpc) is 2.90. The fourth-order valence-electron chi connectivity index (χ4n) is 3.77. The standard InChI is InChI=1S/C16H18N2O2/c19-15(20)5-6-18-14-4-2-1-3-13(14)17-16(18)12-8-10-7-11(10)9-12/h1-4,10-12H,5-9H2,(H,19,20). The third kappa shape index (κ3) is 1.90. The highest BCUT2D eigenvalue weighted by Crippen LogP contribution is 2.57. The Kier molecular flexibility index (Phi) is 2.59. The lowest BCUT2D eigenvalue weighted by Crippen LogP contribution is -2.11. The monoisotopic (exact) mass is 270 g/mol. The summed E-state index contributed by atoms with van der Waals surface area (Å²) in [6.45, 7) is 0.525. The molecule has 2 fully saturated rings. The molecule has 0 amide bonds. The Balaban J connectivity index is 1.73. The number of carboxylic acid groups (broad SMARTS) is 1. The van der Waals surface area contributed by atoms with Crippen molar-refractivity contribution in [3.63, 3.8) is 0 Å². The Bertz CT molecular complexity index is 666. The van der Waals surface area contributed by atoms with Gasteiger partial charge in [0.15, 0.2) is 0 Å². The van der Waals surface area contributed by atoms with Crippen LogP contribution in [0, 0.1) is 11.8 Å². The fourth-order valence-corrected chi connectivity index (χ4v) is 3.77. The van der Waals surface area contributed by atoms with Crippen LogP contribution in [0.15, 0.2) is 24.3 Å². The maximum atomic E-state index is 10.9. The van der Waals surface area contributed by atoms with Gasteiger partial charge in [-0.05, 0) is 43.2 Å². The quantitative estimate of drug-likeness (QED) is 0.929. The van der Waals surface area contributed by atoms with Crippen molar-refractivity contribution in [1.29, 1.82) is 0 Å². The topological polar surface area (TPSA) is 55.1 Å². The van der Waals surface area contributed by atoms with E-state index in [0.29, 0.717) is 12.5 Å². The Labute approximate surface area is 117 Å². The molecule has 1 heterocycles. The molecule has 2 aliphatic carbocycles. The van der Waals surface area contributed by atoms with Gasteiger partial charge < -0.3 is 9.67 Å². The van der Waals surface area contributed by atoms with E-state index in [9.17, 15) is 4.79 Å². The van der Waals surface area contributed by atoms with Gasteiger partial charge in [-0.3, -0.25) is 4.79 Å². The Morgan fingerprint density at radius 3 is 2.75 bits per heavy atom. The summed E-state index contributed by atoms with van der Waals surface area (Å²) < 4.78 is 2.14. The zero-order chi connectivity index (χ0) is 13.7. The largest absolute Gasteiger partial charge is 0.481 e. The minimum atomic E-state index is -0.747. The first-order valence-corrected chi connectivity index (χ1v) is 7.39. The Hall–Kier alpha value is -1.84. The summed E-state index contributed by atoms with van der Waals surface area (Å²) in [4.78, 5) is 15.7. The molecule has 2 aliphatic rings. The van der Waals surface area contributed by atoms with Gasteiger partial charge >= 0.3 is 5.97 Å². The average molecular weight is 270 g/mol. The molecule has 0 bridgehead atoms. The third-order valence-corrected chi connectivity index (χ3v) is 4.84. The highest BCUT2D eigenvalue weighted by Gasteiger charge is 2.47. The molecule has 2 aromatic rings. The summed E-state index contributed by atoms with van der Waals surface area (Å²) in [6, 6.07) is 8.05. The lowest BCUT2D eigenvalue weighted by Gasteiger charge is -2.14. The second-order valence-corrected chi connectivity index (χ2v) is 6.18. The Morgan fingerprint density at radius 1 is 1.25 bits per heavy atom. The van der Waals surface area contributed by atoms with Crippen molar-refractivity contribution >= 4 is 17.0 Å². The van der Waals surface area contributed by atoms with Crippen LogP contribution in [0.5, 0.6) is 0 Å². The van der Waals surface area contributed by atoms with E-state index in [0.717, 1.165) is 28.7 Å². The summed E-state index contributed by atoms with van der Waals surface area (Å²) >= 11 is 0. The van der Waals surface area contributed by atoms with Gasteiger partial charge in [-0.25, -0.2) is 4.98 Å². The number of aliphatic carboxylic acids is 1. The number of benzene rings is 1. The van der Waals surface area contributed by atoms with Crippen molar-refractivity contribution < 1.29 is 9.90 Å². The van der Waals surface area contributed by atoms with Crippen LogP contribution < -0.4 is 0 Å². The maximum absolute atomic E-state index is 10.9. The molecule has 20 heavy (non-hydrogen) atoms. The summed E-state index contributed by atoms with van der Waals surface area (Å²) in [7, 11) is 0. The molecule has 2 atom stereocenters. The van der Waals surface area contributed by atoms with Crippen LogP contribution in [-0.4, -0.2) is 20.6 Å². The number of imidazole rings is 1. The molecule has 2 unspecified atom stereocenters. The van der Waals surface area contributed by atoms with Crippen LogP contribution in [0.25, 0.3) is 11.0 Å². The van der Waals surface area contributed by atoms with E-state index in [1.807, 2.05) is 24.3 Å². The number of carbonyl (C=O) groups is 1. The van der Waals surface area contributed by atoms with E-state index in [1.165, 1.54) is 19.3 Å². The molecular formula is C16H18N2O2. The van der Waals surface area contributed by atoms with E-state index in [1.54, 1.807) is 0 Å². The first kappa shape index (κ1) is 11.9. The molecule has 0 saturated heterocycles. The molecular weight excluding hydrogens is 252 g/mol. The molecule has 104 valence electrons. The molecule has 1 N–H and O–H groups in total. The number of para-hydroxylation sites is 2. The fraction of sp³-hybridized carbons (Fsp3) is 0.500. The minimum absolute atomic E-state index is 0.160. The lowest BCUT2D eigenvalue weighted by molar-refractivity contribution is -0.137. The van der Waals surface area contributed by atoms with Crippen molar-refractivity contribution in [3.8, 4) is 0 Å². The van der Waals surface area contributed by atoms with Gasteiger partial charge in [-0.15, -0.1) is 0 Å². The number of carboxylic acids is 1. The van der Waals surface area contributed by atoms with Crippen LogP contribution in [-0.2, 0) is 11.3 Å². The van der Waals surface area contributed by atoms with Crippen molar-refractivity contribution in [1.82, 2.24) is 9.55 Å². The Morgan fingerprint density at radius 2 is 2.00 bits per heavy atom. The molecule has 0 aliphatic heterocycles. The van der Waals surface area contributed by atoms with E-state index in [4.69, 9.17) is 10.1 Å². The zero-order valence-corrected chi connectivity index (χ0v) is 11.3. The van der Waals surface area contributed by atoms with Crippen molar-refractivity contribution in [2.24, 2.45) is 11.8 Å². The normalized spacial score (nSPS) is 27.7. The van der Waals surface area contributed by atoms with Crippen LogP contribution >= 0.6 is 0 Å². The van der Waals surface area contributed by atoms with Gasteiger partial charge in [0.05, 0.1) is 17.5 Å². The molecule has 1 aromatic carbocycles. The van der Waals surface area contributed by atoms with Gasteiger partial charge in [0.2, 0.25) is 0 Å². The van der Waals surface area contributed by atoms with E-state index in [-0.39, 0.29) is 6.42 Å². The first-order chi connectivity index (χ1) is 9.72. The van der Waals surface area contributed by atoms with Crippen LogP contribution in [0.1, 0.15) is 37.4 Å². The highest BCUT2D eigenvalue weighted by atomic mass is 16.4. The van der Waals surface area contributed by atoms with Gasteiger partial charge in [0, 0.05) is 12.5 Å². The predicted octanol–water partition coefficient (Wildman–Crippen LogP) is 3.02. The van der Waals surface area contributed by atoms with E-state index >= 15 is 0 Å². The number of hydrogen-bond donors (Lipinski definition) is 1. The zero-order valence-electron chi connectivity index (χ0n) is 11.3. The summed E-state index contributed by atoms with van der Waals surface area (Å²) in [5, 5.41) is 8.96. The lowest BCUT2D eigenvalue weighted by atomic mass is 10.0. The van der Waals surface area contributed by atoms with Gasteiger partial charge in [0.1, 0.15) is 5.82 Å². The van der Waals surface area contributed by atoms with Crippen LogP contribution in [0.3, 0.4) is 0 Å². The number of fused-ring (bicyclic) bond motifs is 2. The third-order valence-electron chi connectivity index (χ3n) is 4.84. The van der Waals surface area contributed by atoms with E-state index < -0.39 is 5.97 Å². The smallest absolute Gasteiger partial charge is 0.305 e. The molecule has 0 radical (unpaired) electrons. The molecule has 2 saturated carbocycles. The van der Waals surface area contributed by atoms with Gasteiger partial charge in [-0.2, -0.15) is 0 Å². The minimum Gasteiger partial charge on any atom is -0.481 e. The number of aryl methyl sites for hydroxylation is 1. The molecule has 0 spiro atoms. The first-order valence-electron chi connectivity index (χ1n) is 7.39. The number of aromatic nitrogens is 2. The second kappa shape index (κ2) is 4.33. The molecule has 4 rings (SSSR count). The number of hydrogen-bond acceptors (Lipinski definition) is 2. The van der Waals surface area contributed by atoms with Crippen molar-refractivity contribution in [2.45, 2.75) is 38.1 Å². The van der Waals surface area contributed by atoms with Crippen LogP contribution in [0.2, 0.25) is 0 Å². The van der Waals surface area contributed by atoms with Gasteiger partial charge in [0.25, 0.3) is 0 Å². The summed E-state index contributed by atoms with van der Waals surface area (Å²) in [5.41, 5.74) is 2.07. The van der Waals surface area contributed by atoms with Crippen molar-refractivity contribution in [2.75, 3.05) is 0 Å². The number of rotatable bonds is 4. The van der Waals surface area contributed by atoms with Crippen molar-refractivity contribution in [3.05, 3.63) is 30.1 Å². The van der Waals surface area contributed by atoms with E-state index in [2.05, 4.69) is 4.57 Å². The maximum Gasteiger partial charge on any atom is 0.305 e. The summed E-state index contributed by atoms with van der Waals surface area (Å²) in [5.74, 6) is 2.71. The van der Waals surface area contributed by atoms with Crippen LogP contribution in [0.4, 0.5) is 0 Å². The molecule has 1 aromatic heterocycles. The predicted molar refractivity (Wildman–Crippen MR) is 75.6 cm³/mol.